The van der Waals surface area contributed by atoms with Crippen molar-refractivity contribution in [3.05, 3.63) is 88.7 Å². The van der Waals surface area contributed by atoms with Crippen molar-refractivity contribution in [2.75, 3.05) is 21.3 Å². The summed E-state index contributed by atoms with van der Waals surface area (Å²) in [5, 5.41) is 11.4. The van der Waals surface area contributed by atoms with Crippen molar-refractivity contribution in [1.29, 1.82) is 0 Å². The molecule has 1 heterocycles. The van der Waals surface area contributed by atoms with Crippen LogP contribution < -0.4 is 14.2 Å². The van der Waals surface area contributed by atoms with E-state index in [1.54, 1.807) is 48.5 Å². The number of rotatable bonds is 8. The number of cyclic esters (lactones) is 1. The van der Waals surface area contributed by atoms with Gasteiger partial charge in [-0.05, 0) is 111 Å². The van der Waals surface area contributed by atoms with Crippen molar-refractivity contribution in [3.8, 4) is 17.2 Å². The average Bonchev–Trinajstić information content (AvgIpc) is 3.24. The minimum Gasteiger partial charge on any atom is -0.497 e. The number of ketones is 1. The van der Waals surface area contributed by atoms with E-state index in [0.29, 0.717) is 46.3 Å². The van der Waals surface area contributed by atoms with E-state index in [4.69, 9.17) is 18.9 Å². The molecule has 4 rings (SSSR count). The molecule has 0 aliphatic carbocycles. The highest BCUT2D eigenvalue weighted by atomic mass is 79.9. The topological polar surface area (TPSA) is 91.3 Å². The van der Waals surface area contributed by atoms with Crippen LogP contribution in [-0.4, -0.2) is 44.3 Å². The fourth-order valence-corrected chi connectivity index (χ4v) is 7.21. The number of benzene rings is 3. The third kappa shape index (κ3) is 5.44. The van der Waals surface area contributed by atoms with Gasteiger partial charge in [0.15, 0.2) is 6.10 Å². The predicted octanol–water partition coefficient (Wildman–Crippen LogP) is 7.06. The lowest BCUT2D eigenvalue weighted by molar-refractivity contribution is -0.143. The molecule has 0 spiro atoms. The van der Waals surface area contributed by atoms with Gasteiger partial charge in [0.25, 0.3) is 0 Å². The first-order valence-corrected chi connectivity index (χ1v) is 14.2. The number of hydrogen-bond donors (Lipinski definition) is 1. The molecule has 1 aliphatic heterocycles. The maximum Gasteiger partial charge on any atom is 0.343 e. The summed E-state index contributed by atoms with van der Waals surface area (Å²) in [7, 11) is 4.57. The molecule has 38 heavy (non-hydrogen) atoms. The Balaban J connectivity index is 1.88. The summed E-state index contributed by atoms with van der Waals surface area (Å²) in [5.41, 5.74) is 1.29. The maximum absolute atomic E-state index is 13.8. The number of aliphatic hydroxyl groups is 1. The lowest BCUT2D eigenvalue weighted by Crippen LogP contribution is -2.21. The molecule has 2 unspecified atom stereocenters. The molecule has 0 saturated carbocycles. The third-order valence-electron chi connectivity index (χ3n) is 5.94. The van der Waals surface area contributed by atoms with Crippen molar-refractivity contribution >= 4 is 81.0 Å². The van der Waals surface area contributed by atoms with Gasteiger partial charge in [0.1, 0.15) is 28.9 Å². The van der Waals surface area contributed by atoms with Crippen LogP contribution in [0.15, 0.2) is 72.0 Å². The minimum absolute atomic E-state index is 0.171. The van der Waals surface area contributed by atoms with E-state index < -0.39 is 24.0 Å². The van der Waals surface area contributed by atoms with E-state index in [2.05, 4.69) is 63.7 Å². The van der Waals surface area contributed by atoms with E-state index in [0.717, 1.165) is 0 Å². The quantitative estimate of drug-likeness (QED) is 0.149. The van der Waals surface area contributed by atoms with Gasteiger partial charge >= 0.3 is 5.97 Å². The fraction of sp³-hybridized carbons (Fsp3) is 0.185. The Morgan fingerprint density at radius 2 is 1.34 bits per heavy atom. The van der Waals surface area contributed by atoms with Crippen LogP contribution in [0, 0.1) is 0 Å². The van der Waals surface area contributed by atoms with Gasteiger partial charge < -0.3 is 24.1 Å². The van der Waals surface area contributed by atoms with Crippen molar-refractivity contribution in [2.24, 2.45) is 0 Å². The highest BCUT2D eigenvalue weighted by Gasteiger charge is 2.43. The molecule has 0 bridgehead atoms. The molecule has 0 amide bonds. The SMILES string of the molecule is COc1ccc(C2=C(C(=O)c3cc(Br)c(OC)c(Br)c3)C(=O)OC2C(O)c2cc(Br)c(OC)c(Br)c2)cc1. The van der Waals surface area contributed by atoms with Crippen LogP contribution in [0.3, 0.4) is 0 Å². The third-order valence-corrected chi connectivity index (χ3v) is 8.29. The van der Waals surface area contributed by atoms with Crippen LogP contribution in [0.1, 0.15) is 27.6 Å². The first-order valence-electron chi connectivity index (χ1n) is 11.0. The van der Waals surface area contributed by atoms with Gasteiger partial charge in [-0.1, -0.05) is 12.1 Å². The number of hydrogen-bond acceptors (Lipinski definition) is 7. The molecule has 0 radical (unpaired) electrons. The Morgan fingerprint density at radius 3 is 1.82 bits per heavy atom. The molecule has 198 valence electrons. The van der Waals surface area contributed by atoms with E-state index in [9.17, 15) is 14.7 Å². The van der Waals surface area contributed by atoms with Gasteiger partial charge in [0.05, 0.1) is 39.2 Å². The summed E-state index contributed by atoms with van der Waals surface area (Å²) < 4.78 is 23.9. The van der Waals surface area contributed by atoms with Crippen LogP contribution >= 0.6 is 63.7 Å². The summed E-state index contributed by atoms with van der Waals surface area (Å²) in [6.07, 6.45) is -2.46. The molecule has 1 N–H and O–H groups in total. The summed E-state index contributed by atoms with van der Waals surface area (Å²) >= 11 is 13.7. The Labute approximate surface area is 252 Å². The van der Waals surface area contributed by atoms with Gasteiger partial charge in [-0.15, -0.1) is 0 Å². The first kappa shape index (κ1) is 28.8. The molecule has 1 aliphatic rings. The standard InChI is InChI=1S/C27H20Br4O7/c1-35-15-6-4-12(5-7-15)20-21(22(32)13-8-16(28)24(36-2)17(29)9-13)27(34)38-26(20)23(33)14-10-18(30)25(37-3)19(31)11-14/h4-11,23,26,33H,1-3H3. The Morgan fingerprint density at radius 1 is 0.842 bits per heavy atom. The van der Waals surface area contributed by atoms with E-state index in [1.807, 2.05) is 0 Å². The van der Waals surface area contributed by atoms with Crippen molar-refractivity contribution in [2.45, 2.75) is 12.2 Å². The molecular formula is C27H20Br4O7. The van der Waals surface area contributed by atoms with Crippen molar-refractivity contribution in [3.63, 3.8) is 0 Å². The van der Waals surface area contributed by atoms with Gasteiger partial charge in [-0.3, -0.25) is 4.79 Å². The second-order valence-corrected chi connectivity index (χ2v) is 11.5. The minimum atomic E-state index is -1.30. The second-order valence-electron chi connectivity index (χ2n) is 8.11. The fourth-order valence-electron chi connectivity index (χ4n) is 4.15. The second kappa shape index (κ2) is 11.9. The Hall–Kier alpha value is -2.18. The van der Waals surface area contributed by atoms with Gasteiger partial charge in [-0.25, -0.2) is 4.79 Å². The number of Topliss-reactive ketones (excluding diaryl/α,β-unsaturated/α-hetero) is 1. The first-order chi connectivity index (χ1) is 18.1. The Bertz CT molecular complexity index is 1400. The largest absolute Gasteiger partial charge is 0.497 e. The molecule has 7 nitrogen and oxygen atoms in total. The zero-order valence-electron chi connectivity index (χ0n) is 20.2. The van der Waals surface area contributed by atoms with Gasteiger partial charge in [-0.2, -0.15) is 0 Å². The van der Waals surface area contributed by atoms with Crippen LogP contribution in [0.4, 0.5) is 0 Å². The number of methoxy groups -OCH3 is 3. The summed E-state index contributed by atoms with van der Waals surface area (Å²) in [5.74, 6) is 0.248. The zero-order valence-corrected chi connectivity index (χ0v) is 26.5. The number of halogens is 4. The van der Waals surface area contributed by atoms with Gasteiger partial charge in [0.2, 0.25) is 5.78 Å². The molecule has 3 aromatic carbocycles. The summed E-state index contributed by atoms with van der Waals surface area (Å²) in [6, 6.07) is 13.3. The molecule has 2 atom stereocenters. The number of aliphatic hydroxyl groups excluding tert-OH is 1. The van der Waals surface area contributed by atoms with Crippen LogP contribution in [-0.2, 0) is 9.53 Å². The number of carbonyl (C=O) groups is 2. The average molecular weight is 776 g/mol. The van der Waals surface area contributed by atoms with E-state index in [1.165, 1.54) is 21.3 Å². The molecule has 11 heteroatoms. The lowest BCUT2D eigenvalue weighted by atomic mass is 9.88. The number of ether oxygens (including phenoxy) is 4. The highest BCUT2D eigenvalue weighted by molar-refractivity contribution is 9.11. The van der Waals surface area contributed by atoms with Crippen LogP contribution in [0.2, 0.25) is 0 Å². The van der Waals surface area contributed by atoms with Crippen molar-refractivity contribution in [1.82, 2.24) is 0 Å². The summed E-state index contributed by atoms with van der Waals surface area (Å²) in [6.45, 7) is 0. The normalized spacial score (nSPS) is 15.8. The number of esters is 1. The van der Waals surface area contributed by atoms with E-state index >= 15 is 0 Å². The van der Waals surface area contributed by atoms with Crippen molar-refractivity contribution < 1.29 is 33.6 Å². The van der Waals surface area contributed by atoms with Crippen LogP contribution in [0.5, 0.6) is 17.2 Å². The number of carbonyl (C=O) groups excluding carboxylic acids is 2. The van der Waals surface area contributed by atoms with Gasteiger partial charge in [0, 0.05) is 11.1 Å². The molecule has 0 saturated heterocycles. The molecular weight excluding hydrogens is 756 g/mol. The molecule has 3 aromatic rings. The predicted molar refractivity (Wildman–Crippen MR) is 156 cm³/mol. The molecule has 0 aromatic heterocycles. The lowest BCUT2D eigenvalue weighted by Gasteiger charge is -2.22. The van der Waals surface area contributed by atoms with E-state index in [-0.39, 0.29) is 16.7 Å². The van der Waals surface area contributed by atoms with Crippen LogP contribution in [0.25, 0.3) is 5.57 Å². The highest BCUT2D eigenvalue weighted by Crippen LogP contribution is 2.43. The monoisotopic (exact) mass is 772 g/mol. The maximum atomic E-state index is 13.8. The smallest absolute Gasteiger partial charge is 0.343 e. The molecule has 0 fully saturated rings. The summed E-state index contributed by atoms with van der Waals surface area (Å²) in [4.78, 5) is 27.0. The Kier molecular flexibility index (Phi) is 9.03. The zero-order chi connectivity index (χ0) is 27.7.